The lowest BCUT2D eigenvalue weighted by molar-refractivity contribution is -0.118. The zero-order chi connectivity index (χ0) is 26.5. The van der Waals surface area contributed by atoms with Crippen LogP contribution < -0.4 is 10.1 Å². The third-order valence-corrected chi connectivity index (χ3v) is 7.81. The van der Waals surface area contributed by atoms with Gasteiger partial charge in [-0.3, -0.25) is 14.6 Å². The average molecular weight is 514 g/mol. The molecule has 7 heteroatoms. The number of anilines is 1. The van der Waals surface area contributed by atoms with Crippen LogP contribution in [-0.2, 0) is 11.3 Å². The molecule has 2 saturated heterocycles. The molecule has 0 spiro atoms. The van der Waals surface area contributed by atoms with Crippen LogP contribution in [0.25, 0.3) is 0 Å². The monoisotopic (exact) mass is 513 g/mol. The van der Waals surface area contributed by atoms with E-state index in [1.165, 1.54) is 12.8 Å². The normalized spacial score (nSPS) is 20.8. The smallest absolute Gasteiger partial charge is 0.335 e. The fraction of sp³-hybridized carbons (Fsp3) is 0.355. The number of ether oxygens (including phenoxy) is 1. The molecule has 2 N–H and O–H groups in total. The number of likely N-dealkylation sites (N-methyl/N-ethyl adjacent to an activating group) is 1. The first-order valence-electron chi connectivity index (χ1n) is 13.4. The van der Waals surface area contributed by atoms with Gasteiger partial charge in [0.15, 0.2) is 0 Å². The average Bonchev–Trinajstić information content (AvgIpc) is 3.15. The number of carbonyl (C=O) groups excluding carboxylic acids is 1. The summed E-state index contributed by atoms with van der Waals surface area (Å²) in [6.07, 6.45) is 4.46. The lowest BCUT2D eigenvalue weighted by Gasteiger charge is -2.43. The number of amides is 1. The summed E-state index contributed by atoms with van der Waals surface area (Å²) in [6, 6.07) is 25.7. The summed E-state index contributed by atoms with van der Waals surface area (Å²) in [5.41, 5.74) is 2.23. The number of nitrogens with one attached hydrogen (secondary N) is 1. The largest absolute Gasteiger partial charge is 0.478 e. The SMILES string of the molecule is CCN(CC(=O)Nc1ccc(Oc2ccccc2)cc1)C1C[C@H]2CC[C@@H](C1)N2Cc1ccc(C(=O)O)cc1. The molecule has 1 unspecified atom stereocenters. The minimum Gasteiger partial charge on any atom is -0.478 e. The van der Waals surface area contributed by atoms with Crippen molar-refractivity contribution in [2.75, 3.05) is 18.4 Å². The summed E-state index contributed by atoms with van der Waals surface area (Å²) in [5.74, 6) is 0.607. The molecule has 7 nitrogen and oxygen atoms in total. The quantitative estimate of drug-likeness (QED) is 0.366. The highest BCUT2D eigenvalue weighted by atomic mass is 16.5. The lowest BCUT2D eigenvalue weighted by Crippen LogP contribution is -2.51. The van der Waals surface area contributed by atoms with Crippen LogP contribution in [0, 0.1) is 0 Å². The molecule has 2 aliphatic heterocycles. The summed E-state index contributed by atoms with van der Waals surface area (Å²) in [5, 5.41) is 12.2. The van der Waals surface area contributed by atoms with Gasteiger partial charge < -0.3 is 15.2 Å². The van der Waals surface area contributed by atoms with Crippen LogP contribution in [0.15, 0.2) is 78.9 Å². The molecule has 2 bridgehead atoms. The second-order valence-electron chi connectivity index (χ2n) is 10.2. The highest BCUT2D eigenvalue weighted by molar-refractivity contribution is 5.92. The summed E-state index contributed by atoms with van der Waals surface area (Å²) >= 11 is 0. The third kappa shape index (κ3) is 6.23. The first kappa shape index (κ1) is 25.9. The van der Waals surface area contributed by atoms with Gasteiger partial charge in [-0.15, -0.1) is 0 Å². The molecule has 38 heavy (non-hydrogen) atoms. The fourth-order valence-electron chi connectivity index (χ4n) is 5.88. The van der Waals surface area contributed by atoms with E-state index in [0.717, 1.165) is 48.7 Å². The highest BCUT2D eigenvalue weighted by Crippen LogP contribution is 2.38. The summed E-state index contributed by atoms with van der Waals surface area (Å²) in [7, 11) is 0. The predicted molar refractivity (Wildman–Crippen MR) is 148 cm³/mol. The van der Waals surface area contributed by atoms with Gasteiger partial charge in [-0.2, -0.15) is 0 Å². The number of nitrogens with zero attached hydrogens (tertiary/aromatic N) is 2. The van der Waals surface area contributed by atoms with Gasteiger partial charge in [-0.1, -0.05) is 37.3 Å². The number of hydrogen-bond donors (Lipinski definition) is 2. The number of para-hydroxylation sites is 1. The topological polar surface area (TPSA) is 82.1 Å². The standard InChI is InChI=1S/C31H35N3O4/c1-2-33(21-30(35)32-24-12-16-29(17-13-24)38-28-6-4-3-5-7-28)27-18-25-14-15-26(19-27)34(25)20-22-8-10-23(11-9-22)31(36)37/h3-13,16-17,25-27H,2,14-15,18-21H2,1H3,(H,32,35)(H,36,37)/t25-,26+,27?. The Morgan fingerprint density at radius 3 is 2.16 bits per heavy atom. The van der Waals surface area contributed by atoms with Crippen molar-refractivity contribution in [3.05, 3.63) is 90.0 Å². The molecule has 2 heterocycles. The Kier molecular flexibility index (Phi) is 8.05. The van der Waals surface area contributed by atoms with E-state index >= 15 is 0 Å². The van der Waals surface area contributed by atoms with E-state index < -0.39 is 5.97 Å². The highest BCUT2D eigenvalue weighted by Gasteiger charge is 2.42. The maximum Gasteiger partial charge on any atom is 0.335 e. The number of hydrogen-bond acceptors (Lipinski definition) is 5. The molecule has 1 amide bonds. The maximum absolute atomic E-state index is 12.9. The Morgan fingerprint density at radius 1 is 0.921 bits per heavy atom. The number of rotatable bonds is 10. The van der Waals surface area contributed by atoms with Crippen LogP contribution in [-0.4, -0.2) is 58.0 Å². The summed E-state index contributed by atoms with van der Waals surface area (Å²) < 4.78 is 5.84. The molecular weight excluding hydrogens is 478 g/mol. The lowest BCUT2D eigenvalue weighted by atomic mass is 9.95. The van der Waals surface area contributed by atoms with E-state index in [4.69, 9.17) is 9.84 Å². The molecule has 3 aromatic rings. The van der Waals surface area contributed by atoms with Crippen LogP contribution in [0.2, 0.25) is 0 Å². The Hall–Kier alpha value is -3.68. The minimum atomic E-state index is -0.893. The molecular formula is C31H35N3O4. The molecule has 0 aromatic heterocycles. The van der Waals surface area contributed by atoms with E-state index in [0.29, 0.717) is 30.2 Å². The van der Waals surface area contributed by atoms with Gasteiger partial charge in [0.25, 0.3) is 0 Å². The van der Waals surface area contributed by atoms with Crippen molar-refractivity contribution in [2.45, 2.75) is 57.3 Å². The number of piperidine rings is 1. The molecule has 3 aromatic carbocycles. The first-order valence-corrected chi connectivity index (χ1v) is 13.4. The van der Waals surface area contributed by atoms with Crippen LogP contribution in [0.1, 0.15) is 48.5 Å². The zero-order valence-electron chi connectivity index (χ0n) is 21.8. The molecule has 2 aliphatic rings. The van der Waals surface area contributed by atoms with Crippen molar-refractivity contribution < 1.29 is 19.4 Å². The molecule has 0 aliphatic carbocycles. The van der Waals surface area contributed by atoms with E-state index in [1.807, 2.05) is 66.7 Å². The van der Waals surface area contributed by atoms with Gasteiger partial charge in [-0.05, 0) is 86.3 Å². The van der Waals surface area contributed by atoms with Crippen LogP contribution >= 0.6 is 0 Å². The van der Waals surface area contributed by atoms with Crippen molar-refractivity contribution in [2.24, 2.45) is 0 Å². The third-order valence-electron chi connectivity index (χ3n) is 7.81. The second kappa shape index (κ2) is 11.8. The second-order valence-corrected chi connectivity index (χ2v) is 10.2. The van der Waals surface area contributed by atoms with Gasteiger partial charge in [0, 0.05) is 30.4 Å². The van der Waals surface area contributed by atoms with E-state index in [-0.39, 0.29) is 5.91 Å². The van der Waals surface area contributed by atoms with Crippen LogP contribution in [0.3, 0.4) is 0 Å². The molecule has 5 rings (SSSR count). The van der Waals surface area contributed by atoms with Gasteiger partial charge in [0.1, 0.15) is 11.5 Å². The van der Waals surface area contributed by atoms with E-state index in [1.54, 1.807) is 12.1 Å². The van der Waals surface area contributed by atoms with E-state index in [9.17, 15) is 9.59 Å². The van der Waals surface area contributed by atoms with Gasteiger partial charge >= 0.3 is 5.97 Å². The van der Waals surface area contributed by atoms with Gasteiger partial charge in [0.2, 0.25) is 5.91 Å². The minimum absolute atomic E-state index is 0.00289. The van der Waals surface area contributed by atoms with Gasteiger partial charge in [-0.25, -0.2) is 4.79 Å². The van der Waals surface area contributed by atoms with Crippen molar-refractivity contribution in [3.63, 3.8) is 0 Å². The number of fused-ring (bicyclic) bond motifs is 2. The van der Waals surface area contributed by atoms with Crippen molar-refractivity contribution in [1.82, 2.24) is 9.80 Å². The Balaban J connectivity index is 1.13. The van der Waals surface area contributed by atoms with Crippen molar-refractivity contribution in [1.29, 1.82) is 0 Å². The number of benzene rings is 3. The van der Waals surface area contributed by atoms with Crippen molar-refractivity contribution in [3.8, 4) is 11.5 Å². The van der Waals surface area contributed by atoms with Crippen LogP contribution in [0.5, 0.6) is 11.5 Å². The molecule has 3 atom stereocenters. The Bertz CT molecular complexity index is 1220. The predicted octanol–water partition coefficient (Wildman–Crippen LogP) is 5.63. The number of carbonyl (C=O) groups is 2. The summed E-state index contributed by atoms with van der Waals surface area (Å²) in [4.78, 5) is 29.0. The maximum atomic E-state index is 12.9. The van der Waals surface area contributed by atoms with Crippen LogP contribution in [0.4, 0.5) is 5.69 Å². The van der Waals surface area contributed by atoms with Crippen molar-refractivity contribution >= 4 is 17.6 Å². The molecule has 198 valence electrons. The van der Waals surface area contributed by atoms with Gasteiger partial charge in [0.05, 0.1) is 12.1 Å². The number of aromatic carboxylic acids is 1. The summed E-state index contributed by atoms with van der Waals surface area (Å²) in [6.45, 7) is 4.18. The number of carboxylic acids is 1. The van der Waals surface area contributed by atoms with E-state index in [2.05, 4.69) is 22.0 Å². The number of carboxylic acid groups (broad SMARTS) is 1. The Morgan fingerprint density at radius 2 is 1.55 bits per heavy atom. The molecule has 2 fully saturated rings. The first-order chi connectivity index (χ1) is 18.5. The molecule has 0 radical (unpaired) electrons. The zero-order valence-corrected chi connectivity index (χ0v) is 21.8. The fourth-order valence-corrected chi connectivity index (χ4v) is 5.88. The Labute approximate surface area is 224 Å². The molecule has 0 saturated carbocycles.